The molecule has 2 aliphatic rings. The normalized spacial score (nSPS) is 39.6. The van der Waals surface area contributed by atoms with Crippen LogP contribution in [-0.2, 0) is 18.8 Å². The van der Waals surface area contributed by atoms with Crippen molar-refractivity contribution in [2.45, 2.75) is 63.2 Å². The fourth-order valence-corrected chi connectivity index (χ4v) is 3.54. The molecule has 0 aliphatic carbocycles. The lowest BCUT2D eigenvalue weighted by atomic mass is 9.91. The van der Waals surface area contributed by atoms with Gasteiger partial charge in [-0.3, -0.25) is 4.57 Å². The SMILES string of the molecule is [B][C@@H]1O[C@@]2(COC(C)C)COC1[C@H]2NP(=O)(O)C(C)C. The highest BCUT2D eigenvalue weighted by Gasteiger charge is 2.61. The van der Waals surface area contributed by atoms with Gasteiger partial charge < -0.3 is 19.1 Å². The summed E-state index contributed by atoms with van der Waals surface area (Å²) < 4.78 is 29.2. The summed E-state index contributed by atoms with van der Waals surface area (Å²) in [5, 5.41) is 2.81. The Labute approximate surface area is 121 Å². The summed E-state index contributed by atoms with van der Waals surface area (Å²) in [6, 6.07) is -1.04. The van der Waals surface area contributed by atoms with E-state index < -0.39 is 31.3 Å². The molecule has 8 heteroatoms. The first-order chi connectivity index (χ1) is 9.18. The van der Waals surface area contributed by atoms with Gasteiger partial charge in [-0.15, -0.1) is 0 Å². The van der Waals surface area contributed by atoms with Crippen molar-refractivity contribution in [2.75, 3.05) is 13.2 Å². The smallest absolute Gasteiger partial charge is 0.270 e. The largest absolute Gasteiger partial charge is 0.376 e. The third kappa shape index (κ3) is 2.98. The molecule has 2 bridgehead atoms. The molecule has 0 aromatic rings. The Morgan fingerprint density at radius 3 is 2.65 bits per heavy atom. The second-order valence-electron chi connectivity index (χ2n) is 6.11. The fraction of sp³-hybridized carbons (Fsp3) is 1.00. The maximum absolute atomic E-state index is 12.2. The van der Waals surface area contributed by atoms with Crippen LogP contribution in [0.3, 0.4) is 0 Å². The zero-order chi connectivity index (χ0) is 15.1. The van der Waals surface area contributed by atoms with E-state index in [9.17, 15) is 9.46 Å². The Morgan fingerprint density at radius 2 is 2.15 bits per heavy atom. The lowest BCUT2D eigenvalue weighted by molar-refractivity contribution is -0.147. The summed E-state index contributed by atoms with van der Waals surface area (Å²) in [5.74, 6) is 0. The highest BCUT2D eigenvalue weighted by molar-refractivity contribution is 7.56. The number of rotatable bonds is 6. The molecule has 0 spiro atoms. The molecule has 6 nitrogen and oxygen atoms in total. The van der Waals surface area contributed by atoms with Crippen LogP contribution >= 0.6 is 7.52 Å². The van der Waals surface area contributed by atoms with Gasteiger partial charge in [0.15, 0.2) is 0 Å². The first-order valence-corrected chi connectivity index (χ1v) is 8.68. The molecule has 0 saturated carbocycles. The molecule has 2 radical (unpaired) electrons. The zero-order valence-electron chi connectivity index (χ0n) is 12.4. The fourth-order valence-electron chi connectivity index (χ4n) is 2.47. The third-order valence-electron chi connectivity index (χ3n) is 3.80. The van der Waals surface area contributed by atoms with E-state index in [-0.39, 0.29) is 18.4 Å². The van der Waals surface area contributed by atoms with Crippen LogP contribution in [0.1, 0.15) is 27.7 Å². The van der Waals surface area contributed by atoms with Gasteiger partial charge >= 0.3 is 0 Å². The molecule has 2 N–H and O–H groups in total. The molecule has 0 aromatic heterocycles. The molecule has 2 fully saturated rings. The summed E-state index contributed by atoms with van der Waals surface area (Å²) in [6.45, 7) is 7.84. The van der Waals surface area contributed by atoms with Crippen molar-refractivity contribution in [2.24, 2.45) is 0 Å². The van der Waals surface area contributed by atoms with Gasteiger partial charge in [0, 0.05) is 11.7 Å². The summed E-state index contributed by atoms with van der Waals surface area (Å²) >= 11 is 0. The monoisotopic (exact) mass is 303 g/mol. The second kappa shape index (κ2) is 5.71. The van der Waals surface area contributed by atoms with E-state index in [4.69, 9.17) is 22.1 Å². The van der Waals surface area contributed by atoms with Gasteiger partial charge in [0.25, 0.3) is 7.52 Å². The van der Waals surface area contributed by atoms with Gasteiger partial charge in [0.05, 0.1) is 31.5 Å². The lowest BCUT2D eigenvalue weighted by Crippen LogP contribution is -2.51. The van der Waals surface area contributed by atoms with E-state index in [1.54, 1.807) is 13.8 Å². The van der Waals surface area contributed by atoms with Crippen LogP contribution in [0.15, 0.2) is 0 Å². The summed E-state index contributed by atoms with van der Waals surface area (Å²) in [4.78, 5) is 10.0. The van der Waals surface area contributed by atoms with E-state index in [1.165, 1.54) is 0 Å². The molecule has 2 unspecified atom stereocenters. The van der Waals surface area contributed by atoms with Gasteiger partial charge in [-0.2, -0.15) is 0 Å². The van der Waals surface area contributed by atoms with Crippen LogP contribution in [0.4, 0.5) is 0 Å². The molecule has 2 rings (SSSR count). The topological polar surface area (TPSA) is 77.0 Å². The number of fused-ring (bicyclic) bond motifs is 2. The van der Waals surface area contributed by atoms with E-state index in [0.717, 1.165) is 0 Å². The van der Waals surface area contributed by atoms with Crippen molar-refractivity contribution in [3.8, 4) is 0 Å². The van der Waals surface area contributed by atoms with Gasteiger partial charge in [-0.05, 0) is 13.8 Å². The van der Waals surface area contributed by atoms with Gasteiger partial charge in [0.2, 0.25) is 0 Å². The van der Waals surface area contributed by atoms with Crippen molar-refractivity contribution in [1.29, 1.82) is 0 Å². The van der Waals surface area contributed by atoms with Crippen LogP contribution in [-0.4, -0.2) is 61.5 Å². The molecular formula is C12H23BNO5P. The van der Waals surface area contributed by atoms with Crippen molar-refractivity contribution in [3.63, 3.8) is 0 Å². The van der Waals surface area contributed by atoms with Gasteiger partial charge in [0.1, 0.15) is 13.4 Å². The number of nitrogens with one attached hydrogen (secondary N) is 1. The maximum Gasteiger partial charge on any atom is 0.270 e. The molecule has 0 aromatic carbocycles. The van der Waals surface area contributed by atoms with E-state index >= 15 is 0 Å². The van der Waals surface area contributed by atoms with Gasteiger partial charge in [-0.25, -0.2) is 5.09 Å². The van der Waals surface area contributed by atoms with Crippen molar-refractivity contribution in [3.05, 3.63) is 0 Å². The predicted molar refractivity (Wildman–Crippen MR) is 76.1 cm³/mol. The molecule has 0 amide bonds. The number of hydrogen-bond donors (Lipinski definition) is 2. The van der Waals surface area contributed by atoms with Crippen molar-refractivity contribution >= 4 is 15.4 Å². The lowest BCUT2D eigenvalue weighted by Gasteiger charge is -2.33. The van der Waals surface area contributed by atoms with Gasteiger partial charge in [-0.1, -0.05) is 13.8 Å². The Balaban J connectivity index is 2.15. The van der Waals surface area contributed by atoms with Crippen LogP contribution < -0.4 is 5.09 Å². The van der Waals surface area contributed by atoms with Crippen LogP contribution in [0.25, 0.3) is 0 Å². The number of ether oxygens (including phenoxy) is 3. The first-order valence-electron chi connectivity index (χ1n) is 6.95. The van der Waals surface area contributed by atoms with Crippen LogP contribution in [0, 0.1) is 0 Å². The highest BCUT2D eigenvalue weighted by atomic mass is 31.2. The highest BCUT2D eigenvalue weighted by Crippen LogP contribution is 2.48. The Morgan fingerprint density at radius 1 is 1.50 bits per heavy atom. The Kier molecular flexibility index (Phi) is 4.70. The van der Waals surface area contributed by atoms with Crippen molar-refractivity contribution in [1.82, 2.24) is 5.09 Å². The summed E-state index contributed by atoms with van der Waals surface area (Å²) in [6.07, 6.45) is -0.388. The van der Waals surface area contributed by atoms with Crippen LogP contribution in [0.2, 0.25) is 0 Å². The predicted octanol–water partition coefficient (Wildman–Crippen LogP) is 0.626. The third-order valence-corrected chi connectivity index (χ3v) is 5.84. The Hall–Kier alpha value is 0.0949. The molecule has 114 valence electrons. The summed E-state index contributed by atoms with van der Waals surface area (Å²) in [7, 11) is 2.40. The quantitative estimate of drug-likeness (QED) is 0.553. The minimum Gasteiger partial charge on any atom is -0.376 e. The zero-order valence-corrected chi connectivity index (χ0v) is 13.3. The maximum atomic E-state index is 12.2. The van der Waals surface area contributed by atoms with Crippen molar-refractivity contribution < 1.29 is 23.7 Å². The van der Waals surface area contributed by atoms with E-state index in [2.05, 4.69) is 5.09 Å². The first kappa shape index (κ1) is 16.5. The molecule has 20 heavy (non-hydrogen) atoms. The minimum absolute atomic E-state index is 0.0375. The summed E-state index contributed by atoms with van der Waals surface area (Å²) in [5.41, 5.74) is -1.18. The standard InChI is InChI=1S/C12H23BNO5P/c1-7(2)17-5-12-6-18-9(11(13)19-12)10(12)14-20(15,16)8(3)4/h7-11H,5-6H2,1-4H3,(H2,14,15,16)/t9?,10-,11-,12+/m1/s1. The Bertz CT molecular complexity index is 407. The van der Waals surface area contributed by atoms with Crippen LogP contribution in [0.5, 0.6) is 0 Å². The second-order valence-corrected chi connectivity index (χ2v) is 8.64. The van der Waals surface area contributed by atoms with E-state index in [1.807, 2.05) is 13.8 Å². The number of hydrogen-bond acceptors (Lipinski definition) is 4. The molecule has 5 atom stereocenters. The average Bonchev–Trinajstić information content (AvgIpc) is 2.77. The molecule has 2 heterocycles. The average molecular weight is 303 g/mol. The molecule has 2 aliphatic heterocycles. The molecular weight excluding hydrogens is 280 g/mol. The van der Waals surface area contributed by atoms with E-state index in [0.29, 0.717) is 6.61 Å². The minimum atomic E-state index is -3.49. The molecule has 2 saturated heterocycles.